The van der Waals surface area contributed by atoms with E-state index in [1.54, 1.807) is 20.8 Å². The van der Waals surface area contributed by atoms with Crippen molar-refractivity contribution in [2.75, 3.05) is 0 Å². The van der Waals surface area contributed by atoms with Crippen LogP contribution < -0.4 is 0 Å². The SMILES string of the molecule is C=C(C)OC(C)=O.CC(=O)O[C@H](C)c1ccccc1.CC(O)c1ccccc1.C[C@H](O)c1ccccc1. The van der Waals surface area contributed by atoms with Crippen LogP contribution in [0.4, 0.5) is 0 Å². The van der Waals surface area contributed by atoms with Crippen molar-refractivity contribution in [2.24, 2.45) is 0 Å². The van der Waals surface area contributed by atoms with E-state index in [1.807, 2.05) is 97.9 Å². The highest BCUT2D eigenvalue weighted by Crippen LogP contribution is 2.15. The molecule has 3 aromatic rings. The van der Waals surface area contributed by atoms with Gasteiger partial charge in [-0.15, -0.1) is 0 Å². The molecule has 6 heteroatoms. The second-order valence-corrected chi connectivity index (χ2v) is 8.13. The molecule has 0 aliphatic rings. The van der Waals surface area contributed by atoms with Crippen molar-refractivity contribution in [3.05, 3.63) is 120 Å². The number of hydrogen-bond acceptors (Lipinski definition) is 6. The van der Waals surface area contributed by atoms with Crippen molar-refractivity contribution in [3.8, 4) is 0 Å². The molecular formula is C31H40O6. The van der Waals surface area contributed by atoms with Gasteiger partial charge < -0.3 is 19.7 Å². The van der Waals surface area contributed by atoms with Gasteiger partial charge in [0.15, 0.2) is 0 Å². The second kappa shape index (κ2) is 19.4. The molecule has 0 bridgehead atoms. The van der Waals surface area contributed by atoms with Crippen LogP contribution in [0.5, 0.6) is 0 Å². The van der Waals surface area contributed by atoms with Gasteiger partial charge in [-0.1, -0.05) is 97.6 Å². The summed E-state index contributed by atoms with van der Waals surface area (Å²) >= 11 is 0. The topological polar surface area (TPSA) is 93.1 Å². The minimum Gasteiger partial charge on any atom is -0.458 e. The van der Waals surface area contributed by atoms with Crippen molar-refractivity contribution in [1.29, 1.82) is 0 Å². The molecule has 0 saturated carbocycles. The quantitative estimate of drug-likeness (QED) is 0.288. The van der Waals surface area contributed by atoms with Gasteiger partial charge >= 0.3 is 11.9 Å². The summed E-state index contributed by atoms with van der Waals surface area (Å²) in [6, 6.07) is 28.8. The Morgan fingerprint density at radius 3 is 1.14 bits per heavy atom. The molecule has 0 saturated heterocycles. The number of aliphatic hydroxyl groups excluding tert-OH is 2. The van der Waals surface area contributed by atoms with E-state index in [1.165, 1.54) is 13.8 Å². The fraction of sp³-hybridized carbons (Fsp3) is 0.290. The molecule has 0 aliphatic heterocycles. The second-order valence-electron chi connectivity index (χ2n) is 8.13. The van der Waals surface area contributed by atoms with Gasteiger partial charge in [0, 0.05) is 13.8 Å². The van der Waals surface area contributed by atoms with Gasteiger partial charge in [-0.25, -0.2) is 0 Å². The predicted octanol–water partition coefficient (Wildman–Crippen LogP) is 6.87. The fourth-order valence-corrected chi connectivity index (χ4v) is 2.75. The Morgan fingerprint density at radius 2 is 0.946 bits per heavy atom. The molecule has 2 N–H and O–H groups in total. The zero-order chi connectivity index (χ0) is 28.2. The van der Waals surface area contributed by atoms with Gasteiger partial charge in [0.2, 0.25) is 0 Å². The molecule has 0 radical (unpaired) electrons. The summed E-state index contributed by atoms with van der Waals surface area (Å²) in [7, 11) is 0. The van der Waals surface area contributed by atoms with Crippen molar-refractivity contribution in [1.82, 2.24) is 0 Å². The lowest BCUT2D eigenvalue weighted by Crippen LogP contribution is -2.04. The normalized spacial score (nSPS) is 11.8. The maximum Gasteiger partial charge on any atom is 0.307 e. The van der Waals surface area contributed by atoms with Crippen LogP contribution in [0.3, 0.4) is 0 Å². The largest absolute Gasteiger partial charge is 0.458 e. The number of hydrogen-bond donors (Lipinski definition) is 2. The smallest absolute Gasteiger partial charge is 0.307 e. The van der Waals surface area contributed by atoms with Gasteiger partial charge in [-0.05, 0) is 44.4 Å². The molecule has 1 unspecified atom stereocenters. The average Bonchev–Trinajstić information content (AvgIpc) is 2.85. The van der Waals surface area contributed by atoms with Gasteiger partial charge in [0.05, 0.1) is 18.0 Å². The average molecular weight is 509 g/mol. The lowest BCUT2D eigenvalue weighted by Gasteiger charge is -2.11. The predicted molar refractivity (Wildman–Crippen MR) is 147 cm³/mol. The number of benzene rings is 3. The molecule has 6 nitrogen and oxygen atoms in total. The number of allylic oxidation sites excluding steroid dienone is 1. The Morgan fingerprint density at radius 1 is 0.622 bits per heavy atom. The standard InChI is InChI=1S/C10H12O2.2C8H10O.C5H8O2/c1-8(12-9(2)11)10-6-4-3-5-7-10;2*1-7(9)8-5-3-2-4-6-8;1-4(2)7-5(3)6/h3-8H,1-2H3;2*2-7,9H,1H3;1H2,2-3H3/t8-;7-;;/m10../s1. The summed E-state index contributed by atoms with van der Waals surface area (Å²) in [5.74, 6) is -0.119. The van der Waals surface area contributed by atoms with Crippen LogP contribution in [0.25, 0.3) is 0 Å². The molecule has 3 aromatic carbocycles. The summed E-state index contributed by atoms with van der Waals surface area (Å²) in [4.78, 5) is 20.6. The van der Waals surface area contributed by atoms with Crippen LogP contribution in [0.1, 0.15) is 76.5 Å². The van der Waals surface area contributed by atoms with E-state index >= 15 is 0 Å². The third-order valence-corrected chi connectivity index (χ3v) is 4.49. The summed E-state index contributed by atoms with van der Waals surface area (Å²) < 4.78 is 9.41. The van der Waals surface area contributed by atoms with Gasteiger partial charge in [-0.2, -0.15) is 0 Å². The summed E-state index contributed by atoms with van der Waals surface area (Å²) in [5.41, 5.74) is 2.96. The summed E-state index contributed by atoms with van der Waals surface area (Å²) in [6.07, 6.45) is -0.832. The zero-order valence-electron chi connectivity index (χ0n) is 22.6. The number of ether oxygens (including phenoxy) is 2. The van der Waals surface area contributed by atoms with Crippen LogP contribution in [0.2, 0.25) is 0 Å². The van der Waals surface area contributed by atoms with Crippen LogP contribution in [0, 0.1) is 0 Å². The molecule has 37 heavy (non-hydrogen) atoms. The van der Waals surface area contributed by atoms with E-state index in [4.69, 9.17) is 14.9 Å². The molecule has 200 valence electrons. The highest BCUT2D eigenvalue weighted by molar-refractivity contribution is 5.67. The van der Waals surface area contributed by atoms with E-state index in [0.717, 1.165) is 16.7 Å². The summed E-state index contributed by atoms with van der Waals surface area (Å²) in [6.45, 7) is 13.1. The lowest BCUT2D eigenvalue weighted by molar-refractivity contribution is -0.145. The van der Waals surface area contributed by atoms with Gasteiger partial charge in [0.1, 0.15) is 6.10 Å². The maximum atomic E-state index is 10.6. The fourth-order valence-electron chi connectivity index (χ4n) is 2.75. The summed E-state index contributed by atoms with van der Waals surface area (Å²) in [5, 5.41) is 18.0. The van der Waals surface area contributed by atoms with Gasteiger partial charge in [0.25, 0.3) is 0 Å². The Kier molecular flexibility index (Phi) is 17.5. The molecule has 0 heterocycles. The van der Waals surface area contributed by atoms with E-state index in [-0.39, 0.29) is 30.3 Å². The van der Waals surface area contributed by atoms with Gasteiger partial charge in [-0.3, -0.25) is 9.59 Å². The van der Waals surface area contributed by atoms with Crippen molar-refractivity contribution < 1.29 is 29.3 Å². The Bertz CT molecular complexity index is 960. The van der Waals surface area contributed by atoms with E-state index < -0.39 is 0 Å². The number of aliphatic hydroxyl groups is 2. The first-order valence-corrected chi connectivity index (χ1v) is 12.0. The van der Waals surface area contributed by atoms with Crippen molar-refractivity contribution >= 4 is 11.9 Å². The highest BCUT2D eigenvalue weighted by Gasteiger charge is 2.06. The first-order chi connectivity index (χ1) is 17.4. The molecule has 0 aromatic heterocycles. The van der Waals surface area contributed by atoms with Crippen LogP contribution >= 0.6 is 0 Å². The molecule has 3 rings (SSSR count). The molecule has 0 spiro atoms. The molecule has 0 fully saturated rings. The van der Waals surface area contributed by atoms with E-state index in [2.05, 4.69) is 11.3 Å². The zero-order valence-corrected chi connectivity index (χ0v) is 22.6. The lowest BCUT2D eigenvalue weighted by atomic mass is 10.1. The van der Waals surface area contributed by atoms with Crippen LogP contribution in [-0.4, -0.2) is 22.2 Å². The molecule has 0 amide bonds. The number of carbonyl (C=O) groups is 2. The Hall–Kier alpha value is -3.74. The van der Waals surface area contributed by atoms with Crippen LogP contribution in [-0.2, 0) is 19.1 Å². The monoisotopic (exact) mass is 508 g/mol. The van der Waals surface area contributed by atoms with Crippen molar-refractivity contribution in [3.63, 3.8) is 0 Å². The highest BCUT2D eigenvalue weighted by atomic mass is 16.5. The van der Waals surface area contributed by atoms with Crippen molar-refractivity contribution in [2.45, 2.75) is 59.9 Å². The number of esters is 2. The minimum atomic E-state index is -0.341. The number of rotatable bonds is 5. The molecule has 0 aliphatic carbocycles. The first kappa shape index (κ1) is 33.3. The maximum absolute atomic E-state index is 10.6. The Balaban J connectivity index is 0.000000476. The number of carbonyl (C=O) groups excluding carboxylic acids is 2. The van der Waals surface area contributed by atoms with E-state index in [9.17, 15) is 9.59 Å². The molecule has 3 atom stereocenters. The minimum absolute atomic E-state index is 0.149. The van der Waals surface area contributed by atoms with Crippen LogP contribution in [0.15, 0.2) is 103 Å². The molecular weight excluding hydrogens is 468 g/mol. The third kappa shape index (κ3) is 18.2. The third-order valence-electron chi connectivity index (χ3n) is 4.49. The first-order valence-electron chi connectivity index (χ1n) is 12.0. The Labute approximate surface area is 221 Å². The van der Waals surface area contributed by atoms with E-state index in [0.29, 0.717) is 5.76 Å².